The third kappa shape index (κ3) is 3.80. The van der Waals surface area contributed by atoms with E-state index in [2.05, 4.69) is 36.0 Å². The number of nitrogens with one attached hydrogen (secondary N) is 1. The lowest BCUT2D eigenvalue weighted by Gasteiger charge is -2.09. The van der Waals surface area contributed by atoms with Crippen molar-refractivity contribution >= 4 is 33.6 Å². The highest BCUT2D eigenvalue weighted by Crippen LogP contribution is 2.21. The van der Waals surface area contributed by atoms with E-state index in [1.54, 1.807) is 6.21 Å². The van der Waals surface area contributed by atoms with Crippen molar-refractivity contribution in [3.05, 3.63) is 80.2 Å². The number of anilines is 1. The molecule has 3 aromatic rings. The molecule has 8 heteroatoms. The van der Waals surface area contributed by atoms with Crippen molar-refractivity contribution in [2.75, 3.05) is 5.43 Å². The Morgan fingerprint density at radius 3 is 2.58 bits per heavy atom. The minimum absolute atomic E-state index is 0.0578. The molecule has 0 spiro atoms. The number of hydrazone groups is 1. The average molecular weight is 414 g/mol. The number of pyridine rings is 1. The topological polar surface area (TPSA) is 85.3 Å². The average Bonchev–Trinajstić information content (AvgIpc) is 2.90. The van der Waals surface area contributed by atoms with E-state index in [1.807, 2.05) is 44.2 Å². The Morgan fingerprint density at radius 1 is 1.23 bits per heavy atom. The first-order valence-electron chi connectivity index (χ1n) is 7.80. The zero-order chi connectivity index (χ0) is 18.7. The normalized spacial score (nSPS) is 11.0. The monoisotopic (exact) mass is 413 g/mol. The summed E-state index contributed by atoms with van der Waals surface area (Å²) in [5.41, 5.74) is 6.93. The van der Waals surface area contributed by atoms with Crippen LogP contribution in [0.3, 0.4) is 0 Å². The number of aromatic nitrogens is 2. The fourth-order valence-corrected chi connectivity index (χ4v) is 2.90. The summed E-state index contributed by atoms with van der Waals surface area (Å²) in [5, 5.41) is 14.8. The molecule has 7 nitrogen and oxygen atoms in total. The standard InChI is InChI=1S/C18H16BrN5O2/c1-12-9-14(13(2)23(12)16-5-3-15(19)4-6-16)10-21-22-18-8-7-17(11-20-18)24(25)26/h3-11H,1-2H3,(H,20,22)/b21-10-. The first kappa shape index (κ1) is 17.8. The van der Waals surface area contributed by atoms with Gasteiger partial charge in [0.15, 0.2) is 0 Å². The minimum atomic E-state index is -0.489. The van der Waals surface area contributed by atoms with Crippen LogP contribution in [0.2, 0.25) is 0 Å². The van der Waals surface area contributed by atoms with Gasteiger partial charge in [0.25, 0.3) is 5.69 Å². The molecule has 0 amide bonds. The summed E-state index contributed by atoms with van der Waals surface area (Å²) >= 11 is 3.45. The van der Waals surface area contributed by atoms with Crippen LogP contribution in [0.15, 0.2) is 58.2 Å². The van der Waals surface area contributed by atoms with Crippen LogP contribution in [0.5, 0.6) is 0 Å². The number of halogens is 1. The molecule has 3 rings (SSSR count). The Bertz CT molecular complexity index is 962. The van der Waals surface area contributed by atoms with Gasteiger partial charge in [-0.15, -0.1) is 0 Å². The van der Waals surface area contributed by atoms with Gasteiger partial charge in [-0.25, -0.2) is 4.98 Å². The van der Waals surface area contributed by atoms with Crippen LogP contribution < -0.4 is 5.43 Å². The Morgan fingerprint density at radius 2 is 1.96 bits per heavy atom. The van der Waals surface area contributed by atoms with Gasteiger partial charge in [-0.1, -0.05) is 15.9 Å². The molecule has 0 aliphatic carbocycles. The Hall–Kier alpha value is -3.00. The van der Waals surface area contributed by atoms with Gasteiger partial charge in [0, 0.05) is 33.2 Å². The lowest BCUT2D eigenvalue weighted by molar-refractivity contribution is -0.385. The van der Waals surface area contributed by atoms with E-state index in [-0.39, 0.29) is 5.69 Å². The SMILES string of the molecule is Cc1cc(/C=N\Nc2ccc([N+](=O)[O-])cn2)c(C)n1-c1ccc(Br)cc1. The maximum Gasteiger partial charge on any atom is 0.287 e. The third-order valence-electron chi connectivity index (χ3n) is 3.90. The highest BCUT2D eigenvalue weighted by Gasteiger charge is 2.09. The van der Waals surface area contributed by atoms with Crippen LogP contribution >= 0.6 is 15.9 Å². The second kappa shape index (κ2) is 7.49. The summed E-state index contributed by atoms with van der Waals surface area (Å²) in [4.78, 5) is 14.1. The largest absolute Gasteiger partial charge is 0.318 e. The van der Waals surface area contributed by atoms with E-state index >= 15 is 0 Å². The molecule has 0 atom stereocenters. The quantitative estimate of drug-likeness (QED) is 0.376. The fourth-order valence-electron chi connectivity index (χ4n) is 2.63. The highest BCUT2D eigenvalue weighted by atomic mass is 79.9. The number of nitrogens with zero attached hydrogens (tertiary/aromatic N) is 4. The number of nitro groups is 1. The van der Waals surface area contributed by atoms with Gasteiger partial charge < -0.3 is 4.57 Å². The number of benzene rings is 1. The van der Waals surface area contributed by atoms with Gasteiger partial charge in [-0.05, 0) is 50.2 Å². The molecule has 0 aliphatic rings. The van der Waals surface area contributed by atoms with Crippen molar-refractivity contribution in [2.24, 2.45) is 5.10 Å². The smallest absolute Gasteiger partial charge is 0.287 e. The van der Waals surface area contributed by atoms with Crippen LogP contribution in [-0.2, 0) is 0 Å². The van der Waals surface area contributed by atoms with Crippen LogP contribution in [0.1, 0.15) is 17.0 Å². The zero-order valence-corrected chi connectivity index (χ0v) is 15.8. The van der Waals surface area contributed by atoms with Gasteiger partial charge >= 0.3 is 0 Å². The molecular weight excluding hydrogens is 398 g/mol. The molecule has 26 heavy (non-hydrogen) atoms. The Labute approximate surface area is 158 Å². The van der Waals surface area contributed by atoms with E-state index in [4.69, 9.17) is 0 Å². The van der Waals surface area contributed by atoms with E-state index in [9.17, 15) is 10.1 Å². The van der Waals surface area contributed by atoms with Gasteiger partial charge in [0.1, 0.15) is 12.0 Å². The molecule has 2 aromatic heterocycles. The van der Waals surface area contributed by atoms with E-state index < -0.39 is 4.92 Å². The number of aryl methyl sites for hydroxylation is 1. The molecule has 132 valence electrons. The van der Waals surface area contributed by atoms with Crippen molar-refractivity contribution in [1.82, 2.24) is 9.55 Å². The predicted molar refractivity (Wildman–Crippen MR) is 105 cm³/mol. The van der Waals surface area contributed by atoms with Crippen LogP contribution in [0.4, 0.5) is 11.5 Å². The summed E-state index contributed by atoms with van der Waals surface area (Å²) in [6.45, 7) is 4.07. The van der Waals surface area contributed by atoms with Crippen LogP contribution in [-0.4, -0.2) is 20.7 Å². The van der Waals surface area contributed by atoms with Crippen molar-refractivity contribution in [1.29, 1.82) is 0 Å². The maximum atomic E-state index is 10.6. The predicted octanol–water partition coefficient (Wildman–Crippen LogP) is 4.61. The number of rotatable bonds is 5. The second-order valence-electron chi connectivity index (χ2n) is 5.67. The van der Waals surface area contributed by atoms with Crippen molar-refractivity contribution in [3.63, 3.8) is 0 Å². The Balaban J connectivity index is 1.78. The lowest BCUT2D eigenvalue weighted by Crippen LogP contribution is -1.99. The Kier molecular flexibility index (Phi) is 5.13. The fraction of sp³-hybridized carbons (Fsp3) is 0.111. The van der Waals surface area contributed by atoms with Crippen LogP contribution in [0, 0.1) is 24.0 Å². The number of hydrogen-bond donors (Lipinski definition) is 1. The third-order valence-corrected chi connectivity index (χ3v) is 4.43. The molecule has 0 aliphatic heterocycles. The molecule has 1 N–H and O–H groups in total. The molecule has 0 bridgehead atoms. The van der Waals surface area contributed by atoms with Crippen molar-refractivity contribution < 1.29 is 4.92 Å². The summed E-state index contributed by atoms with van der Waals surface area (Å²) < 4.78 is 3.18. The number of hydrogen-bond acceptors (Lipinski definition) is 5. The summed E-state index contributed by atoms with van der Waals surface area (Å²) in [7, 11) is 0. The molecule has 0 fully saturated rings. The summed E-state index contributed by atoms with van der Waals surface area (Å²) in [6, 6.07) is 13.0. The minimum Gasteiger partial charge on any atom is -0.318 e. The van der Waals surface area contributed by atoms with Crippen LogP contribution in [0.25, 0.3) is 5.69 Å². The first-order chi connectivity index (χ1) is 12.5. The molecular formula is C18H16BrN5O2. The van der Waals surface area contributed by atoms with Crippen molar-refractivity contribution in [3.8, 4) is 5.69 Å². The highest BCUT2D eigenvalue weighted by molar-refractivity contribution is 9.10. The summed E-state index contributed by atoms with van der Waals surface area (Å²) in [5.74, 6) is 0.438. The van der Waals surface area contributed by atoms with E-state index in [0.717, 1.165) is 27.1 Å². The van der Waals surface area contributed by atoms with E-state index in [0.29, 0.717) is 5.82 Å². The molecule has 0 saturated heterocycles. The molecule has 0 unspecified atom stereocenters. The van der Waals surface area contributed by atoms with Gasteiger partial charge in [-0.2, -0.15) is 5.10 Å². The van der Waals surface area contributed by atoms with E-state index in [1.165, 1.54) is 18.3 Å². The summed E-state index contributed by atoms with van der Waals surface area (Å²) in [6.07, 6.45) is 2.90. The first-order valence-corrected chi connectivity index (χ1v) is 8.59. The molecule has 1 aromatic carbocycles. The lowest BCUT2D eigenvalue weighted by atomic mass is 10.2. The van der Waals surface area contributed by atoms with Gasteiger partial charge in [0.2, 0.25) is 0 Å². The van der Waals surface area contributed by atoms with Gasteiger partial charge in [-0.3, -0.25) is 15.5 Å². The van der Waals surface area contributed by atoms with Crippen molar-refractivity contribution in [2.45, 2.75) is 13.8 Å². The molecule has 0 saturated carbocycles. The maximum absolute atomic E-state index is 10.6. The van der Waals surface area contributed by atoms with Gasteiger partial charge in [0.05, 0.1) is 11.1 Å². The molecule has 0 radical (unpaired) electrons. The molecule has 2 heterocycles. The second-order valence-corrected chi connectivity index (χ2v) is 6.58. The zero-order valence-electron chi connectivity index (χ0n) is 14.2.